The molecule has 7 heteroatoms. The van der Waals surface area contributed by atoms with Crippen LogP contribution in [0.25, 0.3) is 0 Å². The third-order valence-electron chi connectivity index (χ3n) is 5.18. The second kappa shape index (κ2) is 12.7. The molecule has 0 aliphatic carbocycles. The Hall–Kier alpha value is -3.06. The second-order valence-electron chi connectivity index (χ2n) is 7.96. The Bertz CT molecular complexity index is 877. The van der Waals surface area contributed by atoms with Crippen LogP contribution in [-0.4, -0.2) is 43.5 Å². The SMILES string of the molecule is CCN(CC)Cc1ccc(C(=O)NNC(=O)c2ccc(OCCC(C)C)c(OC)c2)cc1. The summed E-state index contributed by atoms with van der Waals surface area (Å²) in [6, 6.07) is 12.3. The Balaban J connectivity index is 1.93. The molecule has 0 aliphatic heterocycles. The number of benzene rings is 2. The maximum Gasteiger partial charge on any atom is 0.269 e. The van der Waals surface area contributed by atoms with Crippen molar-refractivity contribution in [3.8, 4) is 11.5 Å². The summed E-state index contributed by atoms with van der Waals surface area (Å²) in [5, 5.41) is 0. The molecule has 0 saturated carbocycles. The van der Waals surface area contributed by atoms with Gasteiger partial charge in [-0.05, 0) is 61.3 Å². The van der Waals surface area contributed by atoms with Crippen LogP contribution in [0, 0.1) is 5.92 Å². The highest BCUT2D eigenvalue weighted by molar-refractivity contribution is 5.99. The average molecular weight is 442 g/mol. The summed E-state index contributed by atoms with van der Waals surface area (Å²) in [5.41, 5.74) is 6.87. The van der Waals surface area contributed by atoms with Gasteiger partial charge in [0.25, 0.3) is 11.8 Å². The first-order valence-electron chi connectivity index (χ1n) is 11.1. The lowest BCUT2D eigenvalue weighted by Crippen LogP contribution is -2.41. The number of carbonyl (C=O) groups excluding carboxylic acids is 2. The molecule has 0 aromatic heterocycles. The maximum absolute atomic E-state index is 12.5. The molecule has 7 nitrogen and oxygen atoms in total. The predicted molar refractivity (Wildman–Crippen MR) is 126 cm³/mol. The monoisotopic (exact) mass is 441 g/mol. The van der Waals surface area contributed by atoms with Crippen LogP contribution in [0.3, 0.4) is 0 Å². The highest BCUT2D eigenvalue weighted by Crippen LogP contribution is 2.28. The molecule has 2 amide bonds. The number of nitrogens with zero attached hydrogens (tertiary/aromatic N) is 1. The van der Waals surface area contributed by atoms with E-state index in [9.17, 15) is 9.59 Å². The molecule has 0 heterocycles. The molecule has 0 fully saturated rings. The lowest BCUT2D eigenvalue weighted by atomic mass is 10.1. The van der Waals surface area contributed by atoms with Crippen molar-refractivity contribution in [3.63, 3.8) is 0 Å². The van der Waals surface area contributed by atoms with Crippen molar-refractivity contribution in [1.82, 2.24) is 15.8 Å². The molecule has 0 spiro atoms. The van der Waals surface area contributed by atoms with E-state index in [1.54, 1.807) is 30.3 Å². The number of amides is 2. The van der Waals surface area contributed by atoms with E-state index < -0.39 is 5.91 Å². The Kier molecular flexibility index (Phi) is 10.0. The fraction of sp³-hybridized carbons (Fsp3) is 0.440. The van der Waals surface area contributed by atoms with Crippen LogP contribution < -0.4 is 20.3 Å². The smallest absolute Gasteiger partial charge is 0.269 e. The van der Waals surface area contributed by atoms with Crippen LogP contribution in [0.1, 0.15) is 60.4 Å². The normalized spacial score (nSPS) is 10.8. The zero-order valence-corrected chi connectivity index (χ0v) is 19.7. The van der Waals surface area contributed by atoms with E-state index in [0.29, 0.717) is 35.2 Å². The average Bonchev–Trinajstić information content (AvgIpc) is 2.81. The Labute approximate surface area is 191 Å². The lowest BCUT2D eigenvalue weighted by molar-refractivity contribution is 0.0846. The van der Waals surface area contributed by atoms with Crippen LogP contribution in [0.2, 0.25) is 0 Å². The Morgan fingerprint density at radius 2 is 1.50 bits per heavy atom. The molecule has 32 heavy (non-hydrogen) atoms. The molecule has 0 unspecified atom stereocenters. The molecule has 0 bridgehead atoms. The lowest BCUT2D eigenvalue weighted by Gasteiger charge is -2.18. The Morgan fingerprint density at radius 3 is 2.06 bits per heavy atom. The fourth-order valence-corrected chi connectivity index (χ4v) is 3.06. The van der Waals surface area contributed by atoms with Crippen molar-refractivity contribution in [2.45, 2.75) is 40.7 Å². The summed E-state index contributed by atoms with van der Waals surface area (Å²) < 4.78 is 11.1. The largest absolute Gasteiger partial charge is 0.493 e. The molecule has 0 aliphatic rings. The van der Waals surface area contributed by atoms with E-state index >= 15 is 0 Å². The summed E-state index contributed by atoms with van der Waals surface area (Å²) in [7, 11) is 1.53. The van der Waals surface area contributed by atoms with Gasteiger partial charge >= 0.3 is 0 Å². The summed E-state index contributed by atoms with van der Waals surface area (Å²) in [4.78, 5) is 27.2. The third kappa shape index (κ3) is 7.57. The van der Waals surface area contributed by atoms with E-state index in [0.717, 1.165) is 31.6 Å². The van der Waals surface area contributed by atoms with Gasteiger partial charge in [0.1, 0.15) is 0 Å². The molecule has 2 aromatic rings. The summed E-state index contributed by atoms with van der Waals surface area (Å²) >= 11 is 0. The van der Waals surface area contributed by atoms with Crippen LogP contribution >= 0.6 is 0 Å². The first-order chi connectivity index (χ1) is 15.4. The van der Waals surface area contributed by atoms with Crippen molar-refractivity contribution in [2.75, 3.05) is 26.8 Å². The predicted octanol–water partition coefficient (Wildman–Crippen LogP) is 4.04. The van der Waals surface area contributed by atoms with Crippen molar-refractivity contribution < 1.29 is 19.1 Å². The van der Waals surface area contributed by atoms with Gasteiger partial charge in [-0.1, -0.05) is 39.8 Å². The highest BCUT2D eigenvalue weighted by atomic mass is 16.5. The van der Waals surface area contributed by atoms with Gasteiger partial charge in [-0.15, -0.1) is 0 Å². The molecule has 2 aromatic carbocycles. The zero-order valence-electron chi connectivity index (χ0n) is 19.7. The minimum absolute atomic E-state index is 0.355. The first-order valence-corrected chi connectivity index (χ1v) is 11.1. The van der Waals surface area contributed by atoms with E-state index in [1.165, 1.54) is 7.11 Å². The maximum atomic E-state index is 12.5. The molecule has 0 atom stereocenters. The number of hydrogen-bond acceptors (Lipinski definition) is 5. The first kappa shape index (κ1) is 25.2. The molecule has 0 radical (unpaired) electrons. The summed E-state index contributed by atoms with van der Waals surface area (Å²) in [6.07, 6.45) is 0.924. The van der Waals surface area contributed by atoms with Crippen molar-refractivity contribution in [3.05, 3.63) is 59.2 Å². The minimum atomic E-state index is -0.441. The third-order valence-corrected chi connectivity index (χ3v) is 5.18. The topological polar surface area (TPSA) is 79.9 Å². The van der Waals surface area contributed by atoms with Gasteiger partial charge in [0.15, 0.2) is 11.5 Å². The van der Waals surface area contributed by atoms with E-state index in [2.05, 4.69) is 43.4 Å². The van der Waals surface area contributed by atoms with Crippen molar-refractivity contribution in [2.24, 2.45) is 5.92 Å². The van der Waals surface area contributed by atoms with E-state index in [1.807, 2.05) is 12.1 Å². The highest BCUT2D eigenvalue weighted by Gasteiger charge is 2.13. The van der Waals surface area contributed by atoms with Crippen LogP contribution in [-0.2, 0) is 6.54 Å². The fourth-order valence-electron chi connectivity index (χ4n) is 3.06. The number of carbonyl (C=O) groups is 2. The standard InChI is InChI=1S/C25H35N3O4/c1-6-28(7-2)17-19-8-10-20(11-9-19)24(29)26-27-25(30)21-12-13-22(23(16-21)31-5)32-15-14-18(3)4/h8-13,16,18H,6-7,14-15,17H2,1-5H3,(H,26,29)(H,27,30). The second-order valence-corrected chi connectivity index (χ2v) is 7.96. The van der Waals surface area contributed by atoms with Gasteiger partial charge in [0.2, 0.25) is 0 Å². The number of ether oxygens (including phenoxy) is 2. The number of rotatable bonds is 11. The van der Waals surface area contributed by atoms with E-state index in [-0.39, 0.29) is 5.91 Å². The van der Waals surface area contributed by atoms with Gasteiger partial charge in [-0.25, -0.2) is 0 Å². The summed E-state index contributed by atoms with van der Waals surface area (Å²) in [5.74, 6) is 0.764. The molecular formula is C25H35N3O4. The molecular weight excluding hydrogens is 406 g/mol. The Morgan fingerprint density at radius 1 is 0.906 bits per heavy atom. The summed E-state index contributed by atoms with van der Waals surface area (Å²) in [6.45, 7) is 11.9. The van der Waals surface area contributed by atoms with Crippen molar-refractivity contribution >= 4 is 11.8 Å². The van der Waals surface area contributed by atoms with Gasteiger partial charge in [0.05, 0.1) is 13.7 Å². The zero-order chi connectivity index (χ0) is 23.5. The van der Waals surface area contributed by atoms with Crippen LogP contribution in [0.4, 0.5) is 0 Å². The molecule has 0 saturated heterocycles. The van der Waals surface area contributed by atoms with Gasteiger partial charge in [-0.3, -0.25) is 25.3 Å². The molecule has 174 valence electrons. The van der Waals surface area contributed by atoms with E-state index in [4.69, 9.17) is 9.47 Å². The van der Waals surface area contributed by atoms with Gasteiger partial charge in [0, 0.05) is 17.7 Å². The van der Waals surface area contributed by atoms with Gasteiger partial charge in [-0.2, -0.15) is 0 Å². The van der Waals surface area contributed by atoms with Gasteiger partial charge < -0.3 is 9.47 Å². The quantitative estimate of drug-likeness (QED) is 0.515. The van der Waals surface area contributed by atoms with Crippen LogP contribution in [0.5, 0.6) is 11.5 Å². The van der Waals surface area contributed by atoms with Crippen LogP contribution in [0.15, 0.2) is 42.5 Å². The molecule has 2 N–H and O–H groups in total. The number of hydrogen-bond donors (Lipinski definition) is 2. The minimum Gasteiger partial charge on any atom is -0.493 e. The van der Waals surface area contributed by atoms with Crippen molar-refractivity contribution in [1.29, 1.82) is 0 Å². The number of nitrogens with one attached hydrogen (secondary N) is 2. The molecule has 2 rings (SSSR count). The number of hydrazine groups is 1. The number of methoxy groups -OCH3 is 1.